The van der Waals surface area contributed by atoms with Gasteiger partial charge in [0.25, 0.3) is 0 Å². The fourth-order valence-corrected chi connectivity index (χ4v) is 2.10. The van der Waals surface area contributed by atoms with Gasteiger partial charge in [0, 0.05) is 6.04 Å². The van der Waals surface area contributed by atoms with Crippen LogP contribution < -0.4 is 11.1 Å². The second-order valence-electron chi connectivity index (χ2n) is 5.07. The standard InChI is InChI=1S/C10H20N2O2/c1-9(2)5-7(10(3,4)14-9)12-6-8(11)13/h7,12H,5-6H2,1-4H3,(H2,11,13). The summed E-state index contributed by atoms with van der Waals surface area (Å²) in [6, 6.07) is 0.185. The van der Waals surface area contributed by atoms with Gasteiger partial charge in [-0.05, 0) is 34.1 Å². The highest BCUT2D eigenvalue weighted by Crippen LogP contribution is 2.36. The fraction of sp³-hybridized carbons (Fsp3) is 0.900. The smallest absolute Gasteiger partial charge is 0.231 e. The van der Waals surface area contributed by atoms with Gasteiger partial charge in [-0.1, -0.05) is 0 Å². The summed E-state index contributed by atoms with van der Waals surface area (Å²) in [5.41, 5.74) is 4.72. The molecular formula is C10H20N2O2. The van der Waals surface area contributed by atoms with Crippen LogP contribution in [0.4, 0.5) is 0 Å². The summed E-state index contributed by atoms with van der Waals surface area (Å²) in [4.78, 5) is 10.6. The molecule has 0 spiro atoms. The predicted molar refractivity (Wildman–Crippen MR) is 54.8 cm³/mol. The molecule has 4 nitrogen and oxygen atoms in total. The SMILES string of the molecule is CC1(C)CC(NCC(N)=O)C(C)(C)O1. The van der Waals surface area contributed by atoms with E-state index < -0.39 is 0 Å². The molecule has 0 aromatic rings. The van der Waals surface area contributed by atoms with Crippen molar-refractivity contribution in [3.63, 3.8) is 0 Å². The molecule has 1 rings (SSSR count). The first kappa shape index (κ1) is 11.5. The summed E-state index contributed by atoms with van der Waals surface area (Å²) in [6.07, 6.45) is 0.896. The maximum absolute atomic E-state index is 10.6. The first-order valence-corrected chi connectivity index (χ1v) is 4.95. The van der Waals surface area contributed by atoms with E-state index in [1.54, 1.807) is 0 Å². The molecule has 1 atom stereocenters. The lowest BCUT2D eigenvalue weighted by molar-refractivity contribution is -0.117. The lowest BCUT2D eigenvalue weighted by Crippen LogP contribution is -2.46. The van der Waals surface area contributed by atoms with Crippen LogP contribution in [-0.4, -0.2) is 29.7 Å². The van der Waals surface area contributed by atoms with E-state index >= 15 is 0 Å². The number of rotatable bonds is 3. The van der Waals surface area contributed by atoms with Gasteiger partial charge in [-0.15, -0.1) is 0 Å². The highest BCUT2D eigenvalue weighted by atomic mass is 16.5. The molecule has 1 aliphatic rings. The Hall–Kier alpha value is -0.610. The quantitative estimate of drug-likeness (QED) is 0.693. The number of carbonyl (C=O) groups is 1. The van der Waals surface area contributed by atoms with Gasteiger partial charge in [-0.2, -0.15) is 0 Å². The summed E-state index contributed by atoms with van der Waals surface area (Å²) in [6.45, 7) is 8.38. The fourth-order valence-electron chi connectivity index (χ4n) is 2.10. The van der Waals surface area contributed by atoms with Crippen LogP contribution in [0.1, 0.15) is 34.1 Å². The molecule has 1 aliphatic heterocycles. The van der Waals surface area contributed by atoms with E-state index in [0.717, 1.165) is 6.42 Å². The molecule has 1 unspecified atom stereocenters. The van der Waals surface area contributed by atoms with Crippen LogP contribution in [0.15, 0.2) is 0 Å². The third kappa shape index (κ3) is 2.69. The maximum Gasteiger partial charge on any atom is 0.231 e. The van der Waals surface area contributed by atoms with Gasteiger partial charge in [0.1, 0.15) is 0 Å². The molecule has 82 valence electrons. The average molecular weight is 200 g/mol. The minimum Gasteiger partial charge on any atom is -0.369 e. The molecule has 14 heavy (non-hydrogen) atoms. The van der Waals surface area contributed by atoms with Gasteiger partial charge in [-0.25, -0.2) is 0 Å². The first-order valence-electron chi connectivity index (χ1n) is 4.95. The Morgan fingerprint density at radius 1 is 1.50 bits per heavy atom. The molecule has 1 fully saturated rings. The van der Waals surface area contributed by atoms with Crippen molar-refractivity contribution in [2.75, 3.05) is 6.54 Å². The molecule has 0 radical (unpaired) electrons. The monoisotopic (exact) mass is 200 g/mol. The van der Waals surface area contributed by atoms with Gasteiger partial charge in [-0.3, -0.25) is 4.79 Å². The Labute approximate surface area is 85.2 Å². The molecule has 0 aromatic carbocycles. The normalized spacial score (nSPS) is 29.0. The van der Waals surface area contributed by atoms with Crippen molar-refractivity contribution in [2.24, 2.45) is 5.73 Å². The third-order valence-electron chi connectivity index (χ3n) is 2.60. The van der Waals surface area contributed by atoms with Crippen LogP contribution in [0.2, 0.25) is 0 Å². The first-order chi connectivity index (χ1) is 6.23. The molecule has 0 bridgehead atoms. The van der Waals surface area contributed by atoms with Crippen molar-refractivity contribution < 1.29 is 9.53 Å². The third-order valence-corrected chi connectivity index (χ3v) is 2.60. The molecule has 4 heteroatoms. The summed E-state index contributed by atoms with van der Waals surface area (Å²) in [5, 5.41) is 3.13. The summed E-state index contributed by atoms with van der Waals surface area (Å²) < 4.78 is 5.87. The summed E-state index contributed by atoms with van der Waals surface area (Å²) >= 11 is 0. The van der Waals surface area contributed by atoms with Gasteiger partial charge >= 0.3 is 0 Å². The highest BCUT2D eigenvalue weighted by Gasteiger charge is 2.45. The van der Waals surface area contributed by atoms with Crippen molar-refractivity contribution in [3.8, 4) is 0 Å². The Morgan fingerprint density at radius 3 is 2.43 bits per heavy atom. The van der Waals surface area contributed by atoms with Gasteiger partial charge in [0.2, 0.25) is 5.91 Å². The molecule has 0 aromatic heterocycles. The van der Waals surface area contributed by atoms with Crippen molar-refractivity contribution in [3.05, 3.63) is 0 Å². The van der Waals surface area contributed by atoms with Crippen molar-refractivity contribution in [1.29, 1.82) is 0 Å². The van der Waals surface area contributed by atoms with E-state index in [0.29, 0.717) is 0 Å². The summed E-state index contributed by atoms with van der Waals surface area (Å²) in [5.74, 6) is -0.328. The number of nitrogens with one attached hydrogen (secondary N) is 1. The summed E-state index contributed by atoms with van der Waals surface area (Å²) in [7, 11) is 0. The molecule has 1 heterocycles. The topological polar surface area (TPSA) is 64.3 Å². The number of amides is 1. The second-order valence-corrected chi connectivity index (χ2v) is 5.07. The molecule has 1 amide bonds. The zero-order valence-electron chi connectivity index (χ0n) is 9.39. The minimum atomic E-state index is -0.328. The van der Waals surface area contributed by atoms with E-state index in [9.17, 15) is 4.79 Å². The van der Waals surface area contributed by atoms with Crippen molar-refractivity contribution >= 4 is 5.91 Å². The number of nitrogens with two attached hydrogens (primary N) is 1. The largest absolute Gasteiger partial charge is 0.369 e. The maximum atomic E-state index is 10.6. The number of carbonyl (C=O) groups excluding carboxylic acids is 1. The zero-order valence-corrected chi connectivity index (χ0v) is 9.39. The van der Waals surface area contributed by atoms with E-state index in [1.807, 2.05) is 13.8 Å². The van der Waals surface area contributed by atoms with Crippen LogP contribution in [0.25, 0.3) is 0 Å². The number of hydrogen-bond acceptors (Lipinski definition) is 3. The van der Waals surface area contributed by atoms with Crippen molar-refractivity contribution in [2.45, 2.75) is 51.4 Å². The molecule has 0 aliphatic carbocycles. The minimum absolute atomic E-state index is 0.126. The van der Waals surface area contributed by atoms with Crippen LogP contribution in [0.3, 0.4) is 0 Å². The Bertz CT molecular complexity index is 236. The van der Waals surface area contributed by atoms with Gasteiger partial charge < -0.3 is 15.8 Å². The predicted octanol–water partition coefficient (Wildman–Crippen LogP) is 0.407. The van der Waals surface area contributed by atoms with Gasteiger partial charge in [0.15, 0.2) is 0 Å². The van der Waals surface area contributed by atoms with Crippen LogP contribution in [0.5, 0.6) is 0 Å². The molecule has 1 saturated heterocycles. The highest BCUT2D eigenvalue weighted by molar-refractivity contribution is 5.75. The lowest BCUT2D eigenvalue weighted by Gasteiger charge is -2.27. The average Bonchev–Trinajstić information content (AvgIpc) is 2.14. The lowest BCUT2D eigenvalue weighted by atomic mass is 9.94. The zero-order chi connectivity index (χ0) is 11.0. The Balaban J connectivity index is 2.57. The second kappa shape index (κ2) is 3.51. The van der Waals surface area contributed by atoms with E-state index in [2.05, 4.69) is 19.2 Å². The molecule has 3 N–H and O–H groups in total. The van der Waals surface area contributed by atoms with E-state index in [-0.39, 0.29) is 29.7 Å². The van der Waals surface area contributed by atoms with Gasteiger partial charge in [0.05, 0.1) is 17.7 Å². The Kier molecular flexibility index (Phi) is 2.88. The molecular weight excluding hydrogens is 180 g/mol. The van der Waals surface area contributed by atoms with Crippen LogP contribution in [-0.2, 0) is 9.53 Å². The molecule has 0 saturated carbocycles. The number of hydrogen-bond donors (Lipinski definition) is 2. The van der Waals surface area contributed by atoms with Crippen LogP contribution in [0, 0.1) is 0 Å². The van der Waals surface area contributed by atoms with Crippen LogP contribution >= 0.6 is 0 Å². The number of primary amides is 1. The number of ether oxygens (including phenoxy) is 1. The van der Waals surface area contributed by atoms with E-state index in [1.165, 1.54) is 0 Å². The van der Waals surface area contributed by atoms with Crippen molar-refractivity contribution in [1.82, 2.24) is 5.32 Å². The van der Waals surface area contributed by atoms with E-state index in [4.69, 9.17) is 10.5 Å². The Morgan fingerprint density at radius 2 is 2.07 bits per heavy atom.